The Bertz CT molecular complexity index is 818. The standard InChI is InChI=1S/C16H14FN3O2S/c17-12-3-1-11(2-4-12)14-10-20-9-13(18-16(20)23-14)15(21)19-5-7-22-8-6-19/h1-4,9-10H,5-8H2. The van der Waals surface area contributed by atoms with Gasteiger partial charge in [-0.1, -0.05) is 23.5 Å². The summed E-state index contributed by atoms with van der Waals surface area (Å²) in [6.45, 7) is 2.35. The third-order valence-corrected chi connectivity index (χ3v) is 4.85. The van der Waals surface area contributed by atoms with Crippen molar-refractivity contribution in [2.75, 3.05) is 26.3 Å². The van der Waals surface area contributed by atoms with Crippen LogP contribution in [0.15, 0.2) is 36.7 Å². The molecule has 0 bridgehead atoms. The average Bonchev–Trinajstić information content (AvgIpc) is 3.14. The lowest BCUT2D eigenvalue weighted by Gasteiger charge is -2.25. The molecule has 1 amide bonds. The minimum atomic E-state index is -0.256. The van der Waals surface area contributed by atoms with E-state index in [1.54, 1.807) is 23.2 Å². The summed E-state index contributed by atoms with van der Waals surface area (Å²) < 4.78 is 20.1. The number of imidazole rings is 1. The first-order valence-electron chi connectivity index (χ1n) is 7.32. The summed E-state index contributed by atoms with van der Waals surface area (Å²) in [6, 6.07) is 6.34. The molecule has 3 heterocycles. The fourth-order valence-electron chi connectivity index (χ4n) is 2.57. The maximum atomic E-state index is 13.0. The third kappa shape index (κ3) is 2.73. The van der Waals surface area contributed by atoms with E-state index in [2.05, 4.69) is 4.98 Å². The Balaban J connectivity index is 1.61. The van der Waals surface area contributed by atoms with Gasteiger partial charge in [0.25, 0.3) is 5.91 Å². The number of fused-ring (bicyclic) bond motifs is 1. The monoisotopic (exact) mass is 331 g/mol. The van der Waals surface area contributed by atoms with Crippen molar-refractivity contribution >= 4 is 22.2 Å². The van der Waals surface area contributed by atoms with Gasteiger partial charge in [-0.25, -0.2) is 9.37 Å². The summed E-state index contributed by atoms with van der Waals surface area (Å²) in [5.74, 6) is -0.319. The largest absolute Gasteiger partial charge is 0.378 e. The van der Waals surface area contributed by atoms with Gasteiger partial charge in [0.2, 0.25) is 0 Å². The van der Waals surface area contributed by atoms with Crippen LogP contribution < -0.4 is 0 Å². The van der Waals surface area contributed by atoms with E-state index in [4.69, 9.17) is 4.74 Å². The fourth-order valence-corrected chi connectivity index (χ4v) is 3.55. The Morgan fingerprint density at radius 1 is 1.17 bits per heavy atom. The second-order valence-corrected chi connectivity index (χ2v) is 6.33. The first kappa shape index (κ1) is 14.3. The lowest BCUT2D eigenvalue weighted by atomic mass is 10.2. The molecule has 1 aromatic carbocycles. The lowest BCUT2D eigenvalue weighted by molar-refractivity contribution is 0.0299. The van der Waals surface area contributed by atoms with E-state index >= 15 is 0 Å². The number of rotatable bonds is 2. The molecule has 0 N–H and O–H groups in total. The molecule has 1 saturated heterocycles. The number of hydrogen-bond donors (Lipinski definition) is 0. The van der Waals surface area contributed by atoms with E-state index in [9.17, 15) is 9.18 Å². The Labute approximate surface area is 135 Å². The van der Waals surface area contributed by atoms with Gasteiger partial charge in [0, 0.05) is 25.5 Å². The molecule has 118 valence electrons. The van der Waals surface area contributed by atoms with Gasteiger partial charge in [0.05, 0.1) is 18.1 Å². The molecule has 0 radical (unpaired) electrons. The number of thiazole rings is 1. The van der Waals surface area contributed by atoms with Crippen LogP contribution in [0.1, 0.15) is 10.5 Å². The zero-order chi connectivity index (χ0) is 15.8. The molecule has 0 unspecified atom stereocenters. The van der Waals surface area contributed by atoms with Gasteiger partial charge < -0.3 is 9.64 Å². The first-order valence-corrected chi connectivity index (χ1v) is 8.14. The number of morpholine rings is 1. The molecule has 3 aromatic rings. The van der Waals surface area contributed by atoms with E-state index in [1.807, 2.05) is 10.6 Å². The van der Waals surface area contributed by atoms with Crippen molar-refractivity contribution < 1.29 is 13.9 Å². The molecule has 0 saturated carbocycles. The van der Waals surface area contributed by atoms with Crippen molar-refractivity contribution in [2.24, 2.45) is 0 Å². The van der Waals surface area contributed by atoms with Crippen molar-refractivity contribution in [1.29, 1.82) is 0 Å². The number of ether oxygens (including phenoxy) is 1. The maximum Gasteiger partial charge on any atom is 0.274 e. The van der Waals surface area contributed by atoms with E-state index in [1.165, 1.54) is 23.5 Å². The number of amides is 1. The molecule has 2 aromatic heterocycles. The molecule has 1 aliphatic heterocycles. The molecule has 4 rings (SSSR count). The first-order chi connectivity index (χ1) is 11.2. The SMILES string of the molecule is O=C(c1cn2cc(-c3ccc(F)cc3)sc2n1)N1CCOCC1. The highest BCUT2D eigenvalue weighted by atomic mass is 32.1. The molecule has 5 nitrogen and oxygen atoms in total. The Morgan fingerprint density at radius 2 is 1.91 bits per heavy atom. The molecule has 0 spiro atoms. The van der Waals surface area contributed by atoms with Gasteiger partial charge in [-0.3, -0.25) is 9.20 Å². The number of benzene rings is 1. The number of aromatic nitrogens is 2. The molecule has 1 fully saturated rings. The van der Waals surface area contributed by atoms with Crippen molar-refractivity contribution in [3.8, 4) is 10.4 Å². The van der Waals surface area contributed by atoms with Gasteiger partial charge in [0.1, 0.15) is 11.5 Å². The Hall–Kier alpha value is -2.25. The predicted molar refractivity (Wildman–Crippen MR) is 85.2 cm³/mol. The zero-order valence-corrected chi connectivity index (χ0v) is 13.1. The highest BCUT2D eigenvalue weighted by molar-refractivity contribution is 7.20. The number of halogens is 1. The lowest BCUT2D eigenvalue weighted by Crippen LogP contribution is -2.40. The second kappa shape index (κ2) is 5.75. The van der Waals surface area contributed by atoms with Crippen molar-refractivity contribution in [3.05, 3.63) is 48.2 Å². The number of carbonyl (C=O) groups is 1. The molecular weight excluding hydrogens is 317 g/mol. The zero-order valence-electron chi connectivity index (χ0n) is 12.2. The third-order valence-electron chi connectivity index (χ3n) is 3.80. The molecule has 0 aliphatic carbocycles. The topological polar surface area (TPSA) is 46.8 Å². The normalized spacial score (nSPS) is 15.3. The summed E-state index contributed by atoms with van der Waals surface area (Å²) >= 11 is 1.48. The van der Waals surface area contributed by atoms with Crippen molar-refractivity contribution in [1.82, 2.24) is 14.3 Å². The quantitative estimate of drug-likeness (QED) is 0.725. The van der Waals surface area contributed by atoms with Crippen LogP contribution in [0.5, 0.6) is 0 Å². The average molecular weight is 331 g/mol. The summed E-state index contributed by atoms with van der Waals surface area (Å²) in [7, 11) is 0. The highest BCUT2D eigenvalue weighted by Crippen LogP contribution is 2.28. The van der Waals surface area contributed by atoms with Crippen LogP contribution in [0.4, 0.5) is 4.39 Å². The van der Waals surface area contributed by atoms with Crippen LogP contribution >= 0.6 is 11.3 Å². The van der Waals surface area contributed by atoms with Gasteiger partial charge in [0.15, 0.2) is 4.96 Å². The second-order valence-electron chi connectivity index (χ2n) is 5.32. The van der Waals surface area contributed by atoms with Crippen LogP contribution in [-0.2, 0) is 4.74 Å². The Kier molecular flexibility index (Phi) is 3.59. The highest BCUT2D eigenvalue weighted by Gasteiger charge is 2.21. The van der Waals surface area contributed by atoms with Crippen LogP contribution in [0.25, 0.3) is 15.4 Å². The van der Waals surface area contributed by atoms with E-state index in [0.717, 1.165) is 15.4 Å². The summed E-state index contributed by atoms with van der Waals surface area (Å²) in [5.41, 5.74) is 1.38. The van der Waals surface area contributed by atoms with Crippen molar-refractivity contribution in [2.45, 2.75) is 0 Å². The molecular formula is C16H14FN3O2S. The maximum absolute atomic E-state index is 13.0. The molecule has 23 heavy (non-hydrogen) atoms. The molecule has 0 atom stereocenters. The van der Waals surface area contributed by atoms with Crippen LogP contribution in [0, 0.1) is 5.82 Å². The Morgan fingerprint density at radius 3 is 2.61 bits per heavy atom. The van der Waals surface area contributed by atoms with Gasteiger partial charge in [-0.05, 0) is 17.7 Å². The molecule has 1 aliphatic rings. The predicted octanol–water partition coefficient (Wildman–Crippen LogP) is 2.67. The summed E-state index contributed by atoms with van der Waals surface area (Å²) in [5, 5.41) is 0. The van der Waals surface area contributed by atoms with Gasteiger partial charge >= 0.3 is 0 Å². The van der Waals surface area contributed by atoms with Crippen LogP contribution in [-0.4, -0.2) is 46.5 Å². The minimum absolute atomic E-state index is 0.0625. The van der Waals surface area contributed by atoms with Crippen LogP contribution in [0.3, 0.4) is 0 Å². The molecule has 7 heteroatoms. The van der Waals surface area contributed by atoms with Crippen LogP contribution in [0.2, 0.25) is 0 Å². The minimum Gasteiger partial charge on any atom is -0.378 e. The summed E-state index contributed by atoms with van der Waals surface area (Å²) in [4.78, 5) is 20.3. The van der Waals surface area contributed by atoms with E-state index in [0.29, 0.717) is 32.0 Å². The van der Waals surface area contributed by atoms with E-state index in [-0.39, 0.29) is 11.7 Å². The number of carbonyl (C=O) groups excluding carboxylic acids is 1. The van der Waals surface area contributed by atoms with Crippen molar-refractivity contribution in [3.63, 3.8) is 0 Å². The smallest absolute Gasteiger partial charge is 0.274 e. The number of nitrogens with zero attached hydrogens (tertiary/aromatic N) is 3. The number of hydrogen-bond acceptors (Lipinski definition) is 4. The van der Waals surface area contributed by atoms with Gasteiger partial charge in [-0.15, -0.1) is 0 Å². The summed E-state index contributed by atoms with van der Waals surface area (Å²) in [6.07, 6.45) is 3.66. The van der Waals surface area contributed by atoms with Gasteiger partial charge in [-0.2, -0.15) is 0 Å². The van der Waals surface area contributed by atoms with E-state index < -0.39 is 0 Å². The fraction of sp³-hybridized carbons (Fsp3) is 0.250.